The Morgan fingerprint density at radius 2 is 2.22 bits per heavy atom. The summed E-state index contributed by atoms with van der Waals surface area (Å²) < 4.78 is 7.35. The van der Waals surface area contributed by atoms with Gasteiger partial charge in [0.15, 0.2) is 0 Å². The molecule has 5 heteroatoms. The highest BCUT2D eigenvalue weighted by Crippen LogP contribution is 2.33. The van der Waals surface area contributed by atoms with E-state index in [9.17, 15) is 4.79 Å². The number of aryl methyl sites for hydroxylation is 1. The Kier molecular flexibility index (Phi) is 4.96. The minimum Gasteiger partial charge on any atom is -0.497 e. The lowest BCUT2D eigenvalue weighted by Gasteiger charge is -2.25. The van der Waals surface area contributed by atoms with E-state index < -0.39 is 0 Å². The number of amides is 1. The first-order chi connectivity index (χ1) is 11.2. The first-order valence-electron chi connectivity index (χ1n) is 7.86. The average Bonchev–Trinajstić information content (AvgIpc) is 3.21. The molecule has 1 fully saturated rings. The van der Waals surface area contributed by atoms with E-state index in [2.05, 4.69) is 10.6 Å². The summed E-state index contributed by atoms with van der Waals surface area (Å²) in [6.07, 6.45) is 4.17. The second-order valence-electron chi connectivity index (χ2n) is 5.76. The van der Waals surface area contributed by atoms with E-state index in [1.807, 2.05) is 48.5 Å². The number of carbonyl (C=O) groups is 1. The first kappa shape index (κ1) is 16.0. The Labute approximate surface area is 141 Å². The van der Waals surface area contributed by atoms with Crippen molar-refractivity contribution in [3.05, 3.63) is 48.3 Å². The topological polar surface area (TPSA) is 34.5 Å². The molecule has 0 spiro atoms. The molecule has 0 radical (unpaired) electrons. The van der Waals surface area contributed by atoms with Gasteiger partial charge in [0, 0.05) is 30.4 Å². The van der Waals surface area contributed by atoms with Crippen LogP contribution in [0.5, 0.6) is 5.75 Å². The Balaban J connectivity index is 1.64. The van der Waals surface area contributed by atoms with Crippen LogP contribution in [0.1, 0.15) is 24.6 Å². The van der Waals surface area contributed by atoms with Crippen LogP contribution in [-0.4, -0.2) is 34.8 Å². The van der Waals surface area contributed by atoms with Crippen LogP contribution in [0.25, 0.3) is 0 Å². The van der Waals surface area contributed by atoms with Crippen LogP contribution in [0.15, 0.2) is 47.5 Å². The Morgan fingerprint density at radius 3 is 2.96 bits per heavy atom. The maximum atomic E-state index is 12.7. The van der Waals surface area contributed by atoms with E-state index in [0.29, 0.717) is 5.75 Å². The minimum absolute atomic E-state index is 0.210. The number of likely N-dealkylation sites (tertiary alicyclic amines) is 1. The smallest absolute Gasteiger partial charge is 0.233 e. The molecule has 2 heterocycles. The maximum Gasteiger partial charge on any atom is 0.233 e. The van der Waals surface area contributed by atoms with Gasteiger partial charge in [0.05, 0.1) is 18.9 Å². The summed E-state index contributed by atoms with van der Waals surface area (Å²) in [5, 5.41) is 0. The van der Waals surface area contributed by atoms with Gasteiger partial charge in [-0.3, -0.25) is 4.79 Å². The normalized spacial score (nSPS) is 17.5. The molecule has 1 aliphatic rings. The lowest BCUT2D eigenvalue weighted by atomic mass is 10.1. The summed E-state index contributed by atoms with van der Waals surface area (Å²) in [7, 11) is 3.70. The Morgan fingerprint density at radius 1 is 1.35 bits per heavy atom. The summed E-state index contributed by atoms with van der Waals surface area (Å²) in [4.78, 5) is 15.7. The fraction of sp³-hybridized carbons (Fsp3) is 0.389. The number of hydrogen-bond acceptors (Lipinski definition) is 3. The van der Waals surface area contributed by atoms with Crippen molar-refractivity contribution in [2.75, 3.05) is 19.4 Å². The van der Waals surface area contributed by atoms with Gasteiger partial charge in [-0.1, -0.05) is 6.07 Å². The number of carbonyl (C=O) groups excluding carboxylic acids is 1. The van der Waals surface area contributed by atoms with E-state index in [4.69, 9.17) is 4.74 Å². The van der Waals surface area contributed by atoms with Crippen molar-refractivity contribution < 1.29 is 9.53 Å². The van der Waals surface area contributed by atoms with Gasteiger partial charge < -0.3 is 14.2 Å². The first-order valence-corrected chi connectivity index (χ1v) is 8.85. The molecule has 0 aliphatic carbocycles. The van der Waals surface area contributed by atoms with Gasteiger partial charge >= 0.3 is 0 Å². The number of rotatable bonds is 5. The van der Waals surface area contributed by atoms with Crippen molar-refractivity contribution in [2.45, 2.75) is 23.8 Å². The van der Waals surface area contributed by atoms with Crippen LogP contribution >= 0.6 is 11.8 Å². The molecule has 1 amide bonds. The number of nitrogens with zero attached hydrogens (tertiary/aromatic N) is 2. The molecule has 122 valence electrons. The maximum absolute atomic E-state index is 12.7. The standard InChI is InChI=1S/C18H22N2O2S/c1-19-10-4-8-16(19)17-9-5-11-20(17)18(21)13-23-15-7-3-6-14(12-15)22-2/h3-4,6-8,10,12,17H,5,9,11,13H2,1-2H3/t17-/m0/s1. The van der Waals surface area contributed by atoms with Crippen molar-refractivity contribution >= 4 is 17.7 Å². The quantitative estimate of drug-likeness (QED) is 0.787. The number of methoxy groups -OCH3 is 1. The summed E-state index contributed by atoms with van der Waals surface area (Å²) in [5.41, 5.74) is 1.22. The Bertz CT molecular complexity index is 683. The fourth-order valence-corrected chi connectivity index (χ4v) is 3.94. The fourth-order valence-electron chi connectivity index (χ4n) is 3.11. The zero-order valence-electron chi connectivity index (χ0n) is 13.6. The van der Waals surface area contributed by atoms with Crippen molar-refractivity contribution in [1.29, 1.82) is 0 Å². The highest BCUT2D eigenvalue weighted by molar-refractivity contribution is 8.00. The zero-order chi connectivity index (χ0) is 16.2. The summed E-state index contributed by atoms with van der Waals surface area (Å²) >= 11 is 1.57. The number of thioether (sulfide) groups is 1. The molecule has 1 aliphatic heterocycles. The molecule has 23 heavy (non-hydrogen) atoms. The van der Waals surface area contributed by atoms with Crippen LogP contribution in [-0.2, 0) is 11.8 Å². The number of hydrogen-bond donors (Lipinski definition) is 0. The molecule has 1 aromatic heterocycles. The third kappa shape index (κ3) is 3.55. The third-order valence-corrected chi connectivity index (χ3v) is 5.28. The van der Waals surface area contributed by atoms with Crippen molar-refractivity contribution in [3.8, 4) is 5.75 Å². The van der Waals surface area contributed by atoms with E-state index in [1.165, 1.54) is 5.69 Å². The summed E-state index contributed by atoms with van der Waals surface area (Å²) in [6, 6.07) is 12.2. The van der Waals surface area contributed by atoms with Crippen molar-refractivity contribution in [1.82, 2.24) is 9.47 Å². The van der Waals surface area contributed by atoms with Gasteiger partial charge in [-0.25, -0.2) is 0 Å². The molecule has 1 saturated heterocycles. The SMILES string of the molecule is COc1cccc(SCC(=O)N2CCC[C@H]2c2cccn2C)c1. The molecular formula is C18H22N2O2S. The monoisotopic (exact) mass is 330 g/mol. The van der Waals surface area contributed by atoms with Crippen LogP contribution in [0, 0.1) is 0 Å². The van der Waals surface area contributed by atoms with Crippen molar-refractivity contribution in [3.63, 3.8) is 0 Å². The number of aromatic nitrogens is 1. The predicted molar refractivity (Wildman–Crippen MR) is 92.8 cm³/mol. The molecule has 0 bridgehead atoms. The van der Waals surface area contributed by atoms with Gasteiger partial charge in [-0.05, 0) is 43.2 Å². The molecule has 0 saturated carbocycles. The van der Waals surface area contributed by atoms with Crippen LogP contribution in [0.2, 0.25) is 0 Å². The lowest BCUT2D eigenvalue weighted by molar-refractivity contribution is -0.129. The Hall–Kier alpha value is -1.88. The predicted octanol–water partition coefficient (Wildman–Crippen LogP) is 3.49. The second-order valence-corrected chi connectivity index (χ2v) is 6.81. The summed E-state index contributed by atoms with van der Waals surface area (Å²) in [6.45, 7) is 0.855. The average molecular weight is 330 g/mol. The van der Waals surface area contributed by atoms with Gasteiger partial charge in [0.25, 0.3) is 0 Å². The molecule has 1 atom stereocenters. The van der Waals surface area contributed by atoms with Crippen LogP contribution < -0.4 is 4.74 Å². The minimum atomic E-state index is 0.210. The number of benzene rings is 1. The van der Waals surface area contributed by atoms with Gasteiger partial charge in [-0.15, -0.1) is 11.8 Å². The second kappa shape index (κ2) is 7.13. The van der Waals surface area contributed by atoms with E-state index in [0.717, 1.165) is 30.0 Å². The van der Waals surface area contributed by atoms with E-state index in [1.54, 1.807) is 18.9 Å². The third-order valence-electron chi connectivity index (χ3n) is 4.30. The lowest BCUT2D eigenvalue weighted by Crippen LogP contribution is -2.32. The highest BCUT2D eigenvalue weighted by Gasteiger charge is 2.30. The number of ether oxygens (including phenoxy) is 1. The molecule has 4 nitrogen and oxygen atoms in total. The van der Waals surface area contributed by atoms with Crippen LogP contribution in [0.4, 0.5) is 0 Å². The van der Waals surface area contributed by atoms with E-state index >= 15 is 0 Å². The largest absolute Gasteiger partial charge is 0.497 e. The molecular weight excluding hydrogens is 308 g/mol. The zero-order valence-corrected chi connectivity index (χ0v) is 14.4. The molecule has 1 aromatic carbocycles. The molecule has 3 rings (SSSR count). The van der Waals surface area contributed by atoms with Crippen LogP contribution in [0.3, 0.4) is 0 Å². The van der Waals surface area contributed by atoms with Crippen molar-refractivity contribution in [2.24, 2.45) is 7.05 Å². The van der Waals surface area contributed by atoms with Gasteiger partial charge in [0.1, 0.15) is 5.75 Å². The molecule has 2 aromatic rings. The molecule has 0 N–H and O–H groups in total. The van der Waals surface area contributed by atoms with E-state index in [-0.39, 0.29) is 11.9 Å². The van der Waals surface area contributed by atoms with Gasteiger partial charge in [-0.2, -0.15) is 0 Å². The molecule has 0 unspecified atom stereocenters. The van der Waals surface area contributed by atoms with Gasteiger partial charge in [0.2, 0.25) is 5.91 Å². The highest BCUT2D eigenvalue weighted by atomic mass is 32.2. The summed E-state index contributed by atoms with van der Waals surface area (Å²) in [5.74, 6) is 1.50.